The number of rotatable bonds is 6. The molecule has 0 aliphatic heterocycles. The number of primary amides is 1. The molecule has 1 unspecified atom stereocenters. The molecule has 6 nitrogen and oxygen atoms in total. The first-order valence-corrected chi connectivity index (χ1v) is 6.68. The van der Waals surface area contributed by atoms with E-state index in [2.05, 4.69) is 10.6 Å². The van der Waals surface area contributed by atoms with E-state index in [4.69, 9.17) is 5.73 Å². The van der Waals surface area contributed by atoms with Gasteiger partial charge in [0.05, 0.1) is 5.69 Å². The van der Waals surface area contributed by atoms with Crippen LogP contribution in [-0.4, -0.2) is 31.6 Å². The number of hydrogen-bond acceptors (Lipinski definition) is 3. The van der Waals surface area contributed by atoms with Gasteiger partial charge in [-0.1, -0.05) is 6.07 Å². The first kappa shape index (κ1) is 16.7. The van der Waals surface area contributed by atoms with Crippen LogP contribution in [0.15, 0.2) is 18.2 Å². The Kier molecular flexibility index (Phi) is 5.95. The predicted molar refractivity (Wildman–Crippen MR) is 79.4 cm³/mol. The van der Waals surface area contributed by atoms with E-state index >= 15 is 0 Å². The minimum atomic E-state index is -0.768. The summed E-state index contributed by atoms with van der Waals surface area (Å²) in [5, 5.41) is 4.87. The highest BCUT2D eigenvalue weighted by molar-refractivity contribution is 5.86. The molecule has 0 heterocycles. The SMILES string of the molecule is CCN(C)c1ccc(CNC(=O)C(C)NC(N)=O)cc1F. The largest absolute Gasteiger partial charge is 0.373 e. The zero-order valence-corrected chi connectivity index (χ0v) is 12.4. The second-order valence-electron chi connectivity index (χ2n) is 4.75. The summed E-state index contributed by atoms with van der Waals surface area (Å²) in [5.74, 6) is -0.724. The van der Waals surface area contributed by atoms with Crippen LogP contribution in [0.5, 0.6) is 0 Å². The molecule has 21 heavy (non-hydrogen) atoms. The monoisotopic (exact) mass is 296 g/mol. The Morgan fingerprint density at radius 2 is 2.10 bits per heavy atom. The number of carbonyl (C=O) groups excluding carboxylic acids is 2. The Balaban J connectivity index is 2.62. The highest BCUT2D eigenvalue weighted by atomic mass is 19.1. The van der Waals surface area contributed by atoms with Gasteiger partial charge in [0, 0.05) is 20.1 Å². The van der Waals surface area contributed by atoms with Crippen molar-refractivity contribution in [1.29, 1.82) is 0 Å². The lowest BCUT2D eigenvalue weighted by atomic mass is 10.1. The van der Waals surface area contributed by atoms with E-state index in [1.165, 1.54) is 13.0 Å². The van der Waals surface area contributed by atoms with E-state index in [0.29, 0.717) is 17.8 Å². The number of nitrogens with one attached hydrogen (secondary N) is 2. The maximum atomic E-state index is 13.9. The van der Waals surface area contributed by atoms with Crippen molar-refractivity contribution in [3.05, 3.63) is 29.6 Å². The standard InChI is InChI=1S/C14H21FN4O2/c1-4-19(3)12-6-5-10(7-11(12)15)8-17-13(20)9(2)18-14(16)21/h5-7,9H,4,8H2,1-3H3,(H,17,20)(H3,16,18,21). The molecule has 1 rings (SSSR count). The van der Waals surface area contributed by atoms with Crippen LogP contribution in [0.3, 0.4) is 0 Å². The molecule has 1 aromatic rings. The van der Waals surface area contributed by atoms with Crippen molar-refractivity contribution in [2.45, 2.75) is 26.4 Å². The fourth-order valence-corrected chi connectivity index (χ4v) is 1.76. The Hall–Kier alpha value is -2.31. The van der Waals surface area contributed by atoms with Gasteiger partial charge in [0.25, 0.3) is 0 Å². The quantitative estimate of drug-likeness (QED) is 0.730. The fourth-order valence-electron chi connectivity index (χ4n) is 1.76. The van der Waals surface area contributed by atoms with E-state index < -0.39 is 12.1 Å². The molecule has 116 valence electrons. The summed E-state index contributed by atoms with van der Waals surface area (Å²) in [6.45, 7) is 4.32. The summed E-state index contributed by atoms with van der Waals surface area (Å²) in [6, 6.07) is 3.30. The molecule has 7 heteroatoms. The van der Waals surface area contributed by atoms with E-state index in [1.807, 2.05) is 6.92 Å². The van der Waals surface area contributed by atoms with Crippen molar-refractivity contribution >= 4 is 17.6 Å². The summed E-state index contributed by atoms with van der Waals surface area (Å²) in [5.41, 5.74) is 6.08. The van der Waals surface area contributed by atoms with Crippen molar-refractivity contribution < 1.29 is 14.0 Å². The van der Waals surface area contributed by atoms with Gasteiger partial charge in [-0.05, 0) is 31.5 Å². The molecule has 4 N–H and O–H groups in total. The summed E-state index contributed by atoms with van der Waals surface area (Å²) in [7, 11) is 1.80. The highest BCUT2D eigenvalue weighted by Gasteiger charge is 2.14. The molecule has 0 radical (unpaired) electrons. The molecular weight excluding hydrogens is 275 g/mol. The van der Waals surface area contributed by atoms with E-state index in [0.717, 1.165) is 0 Å². The number of hydrogen-bond donors (Lipinski definition) is 3. The van der Waals surface area contributed by atoms with Crippen LogP contribution in [0.2, 0.25) is 0 Å². The number of anilines is 1. The lowest BCUT2D eigenvalue weighted by molar-refractivity contribution is -0.122. The van der Waals surface area contributed by atoms with Crippen LogP contribution < -0.4 is 21.3 Å². The number of nitrogens with two attached hydrogens (primary N) is 1. The smallest absolute Gasteiger partial charge is 0.312 e. The van der Waals surface area contributed by atoms with E-state index in [-0.39, 0.29) is 18.3 Å². The van der Waals surface area contributed by atoms with E-state index in [1.54, 1.807) is 24.1 Å². The number of nitrogens with zero attached hydrogens (tertiary/aromatic N) is 1. The Bertz CT molecular complexity index is 522. The van der Waals surface area contributed by atoms with Gasteiger partial charge >= 0.3 is 6.03 Å². The molecule has 1 atom stereocenters. The van der Waals surface area contributed by atoms with Gasteiger partial charge in [-0.15, -0.1) is 0 Å². The lowest BCUT2D eigenvalue weighted by Gasteiger charge is -2.18. The molecule has 0 aliphatic rings. The molecule has 0 fully saturated rings. The lowest BCUT2D eigenvalue weighted by Crippen LogP contribution is -2.46. The topological polar surface area (TPSA) is 87.5 Å². The number of amides is 3. The number of urea groups is 1. The molecule has 0 saturated carbocycles. The van der Waals surface area contributed by atoms with Crippen LogP contribution in [0.25, 0.3) is 0 Å². The minimum absolute atomic E-state index is 0.177. The van der Waals surface area contributed by atoms with Crippen molar-refractivity contribution in [3.63, 3.8) is 0 Å². The van der Waals surface area contributed by atoms with Gasteiger partial charge in [0.1, 0.15) is 11.9 Å². The Morgan fingerprint density at radius 1 is 1.43 bits per heavy atom. The second-order valence-corrected chi connectivity index (χ2v) is 4.75. The Labute approximate surface area is 123 Å². The summed E-state index contributed by atoms with van der Waals surface area (Å²) in [6.07, 6.45) is 0. The van der Waals surface area contributed by atoms with Crippen LogP contribution in [-0.2, 0) is 11.3 Å². The van der Waals surface area contributed by atoms with Crippen molar-refractivity contribution in [3.8, 4) is 0 Å². The van der Waals surface area contributed by atoms with Gasteiger partial charge in [-0.25, -0.2) is 9.18 Å². The van der Waals surface area contributed by atoms with Crippen LogP contribution in [0.1, 0.15) is 19.4 Å². The van der Waals surface area contributed by atoms with Gasteiger partial charge < -0.3 is 21.3 Å². The second kappa shape index (κ2) is 7.47. The maximum Gasteiger partial charge on any atom is 0.312 e. The third kappa shape index (κ3) is 4.94. The summed E-state index contributed by atoms with van der Waals surface area (Å²) >= 11 is 0. The average molecular weight is 296 g/mol. The third-order valence-electron chi connectivity index (χ3n) is 3.12. The number of halogens is 1. The normalized spacial score (nSPS) is 11.6. The minimum Gasteiger partial charge on any atom is -0.373 e. The number of carbonyl (C=O) groups is 2. The van der Waals surface area contributed by atoms with Crippen molar-refractivity contribution in [1.82, 2.24) is 10.6 Å². The molecule has 0 spiro atoms. The predicted octanol–water partition coefficient (Wildman–Crippen LogP) is 0.955. The first-order chi connectivity index (χ1) is 9.85. The molecule has 3 amide bonds. The van der Waals surface area contributed by atoms with Crippen molar-refractivity contribution in [2.24, 2.45) is 5.73 Å². The zero-order valence-electron chi connectivity index (χ0n) is 12.4. The molecular formula is C14H21FN4O2. The van der Waals surface area contributed by atoms with Crippen LogP contribution in [0, 0.1) is 5.82 Å². The Morgan fingerprint density at radius 3 is 2.62 bits per heavy atom. The maximum absolute atomic E-state index is 13.9. The van der Waals surface area contributed by atoms with E-state index in [9.17, 15) is 14.0 Å². The van der Waals surface area contributed by atoms with Gasteiger partial charge in [-0.2, -0.15) is 0 Å². The highest BCUT2D eigenvalue weighted by Crippen LogP contribution is 2.19. The van der Waals surface area contributed by atoms with Crippen LogP contribution in [0.4, 0.5) is 14.9 Å². The van der Waals surface area contributed by atoms with Gasteiger partial charge in [0.15, 0.2) is 0 Å². The molecule has 0 aliphatic carbocycles. The third-order valence-corrected chi connectivity index (χ3v) is 3.12. The first-order valence-electron chi connectivity index (χ1n) is 6.68. The molecule has 0 aromatic heterocycles. The fraction of sp³-hybridized carbons (Fsp3) is 0.429. The zero-order chi connectivity index (χ0) is 16.0. The number of benzene rings is 1. The average Bonchev–Trinajstić information content (AvgIpc) is 2.43. The molecule has 0 saturated heterocycles. The van der Waals surface area contributed by atoms with Gasteiger partial charge in [-0.3, -0.25) is 4.79 Å². The molecule has 0 bridgehead atoms. The summed E-state index contributed by atoms with van der Waals surface area (Å²) < 4.78 is 13.9. The van der Waals surface area contributed by atoms with Crippen LogP contribution >= 0.6 is 0 Å². The summed E-state index contributed by atoms with van der Waals surface area (Å²) in [4.78, 5) is 24.1. The van der Waals surface area contributed by atoms with Crippen molar-refractivity contribution in [2.75, 3.05) is 18.5 Å². The van der Waals surface area contributed by atoms with Gasteiger partial charge in [0.2, 0.25) is 5.91 Å². The molecule has 1 aromatic carbocycles.